The van der Waals surface area contributed by atoms with Crippen LogP contribution in [0.4, 0.5) is 5.69 Å². The van der Waals surface area contributed by atoms with Crippen molar-refractivity contribution in [2.75, 3.05) is 11.9 Å². The molecule has 4 rings (SSSR count). The first-order valence-electron chi connectivity index (χ1n) is 9.73. The van der Waals surface area contributed by atoms with Crippen LogP contribution in [0.2, 0.25) is 0 Å². The molecule has 2 N–H and O–H groups in total. The van der Waals surface area contributed by atoms with Gasteiger partial charge in [0, 0.05) is 51.1 Å². The molecule has 1 aromatic heterocycles. The van der Waals surface area contributed by atoms with E-state index in [9.17, 15) is 9.59 Å². The van der Waals surface area contributed by atoms with Crippen molar-refractivity contribution in [3.63, 3.8) is 0 Å². The number of nitrogens with one attached hydrogen (secondary N) is 2. The van der Waals surface area contributed by atoms with E-state index in [2.05, 4.69) is 26.2 Å². The third-order valence-electron chi connectivity index (χ3n) is 5.26. The summed E-state index contributed by atoms with van der Waals surface area (Å²) in [6.45, 7) is 2.14. The fourth-order valence-corrected chi connectivity index (χ4v) is 4.63. The maximum atomic E-state index is 12.6. The Morgan fingerprint density at radius 2 is 2.17 bits per heavy atom. The highest BCUT2D eigenvalue weighted by Gasteiger charge is 2.27. The van der Waals surface area contributed by atoms with Gasteiger partial charge in [-0.3, -0.25) is 9.59 Å². The third-order valence-corrected chi connectivity index (χ3v) is 6.08. The number of ketones is 1. The number of aromatic amines is 1. The number of H-pyrrole nitrogens is 1. The Bertz CT molecular complexity index is 1050. The molecule has 0 radical (unpaired) electrons. The predicted molar refractivity (Wildman–Crippen MR) is 121 cm³/mol. The number of hydrogen-bond acceptors (Lipinski definition) is 4. The van der Waals surface area contributed by atoms with Crippen LogP contribution in [0.15, 0.2) is 22.7 Å². The predicted octanol–water partition coefficient (Wildman–Crippen LogP) is 5.09. The van der Waals surface area contributed by atoms with Gasteiger partial charge in [0.05, 0.1) is 6.61 Å². The van der Waals surface area contributed by atoms with Crippen LogP contribution in [-0.2, 0) is 22.4 Å². The van der Waals surface area contributed by atoms with Gasteiger partial charge in [-0.2, -0.15) is 0 Å². The van der Waals surface area contributed by atoms with Crippen molar-refractivity contribution in [3.05, 3.63) is 50.8 Å². The lowest BCUT2D eigenvalue weighted by Gasteiger charge is -2.11. The van der Waals surface area contributed by atoms with Crippen LogP contribution in [0.25, 0.3) is 11.6 Å². The van der Waals surface area contributed by atoms with Crippen molar-refractivity contribution in [1.82, 2.24) is 4.98 Å². The van der Waals surface area contributed by atoms with E-state index in [1.807, 2.05) is 24.3 Å². The van der Waals surface area contributed by atoms with Crippen molar-refractivity contribution < 1.29 is 14.3 Å². The minimum absolute atomic E-state index is 0.141. The molecule has 2 heterocycles. The number of carbonyl (C=O) groups is 2. The maximum absolute atomic E-state index is 12.6. The van der Waals surface area contributed by atoms with Gasteiger partial charge in [0.1, 0.15) is 4.99 Å². The van der Waals surface area contributed by atoms with E-state index in [1.165, 1.54) is 0 Å². The van der Waals surface area contributed by atoms with E-state index in [1.54, 1.807) is 6.92 Å². The summed E-state index contributed by atoms with van der Waals surface area (Å²) in [4.78, 5) is 28.6. The number of hydrogen-bond donors (Lipinski definition) is 2. The van der Waals surface area contributed by atoms with Gasteiger partial charge >= 0.3 is 5.97 Å². The Morgan fingerprint density at radius 3 is 2.97 bits per heavy atom. The molecular weight excluding hydrogens is 452 g/mol. The Kier molecular flexibility index (Phi) is 5.69. The lowest BCUT2D eigenvalue weighted by atomic mass is 9.91. The number of halogens is 1. The van der Waals surface area contributed by atoms with Crippen molar-refractivity contribution in [3.8, 4) is 0 Å². The molecular formula is C22H21BrN2O3S. The molecule has 5 nitrogen and oxygen atoms in total. The van der Waals surface area contributed by atoms with Gasteiger partial charge < -0.3 is 15.0 Å². The van der Waals surface area contributed by atoms with Gasteiger partial charge in [-0.1, -0.05) is 34.2 Å². The first-order valence-corrected chi connectivity index (χ1v) is 10.9. The number of anilines is 1. The Labute approximate surface area is 183 Å². The van der Waals surface area contributed by atoms with E-state index in [0.29, 0.717) is 24.4 Å². The van der Waals surface area contributed by atoms with Crippen LogP contribution in [-0.4, -0.2) is 28.3 Å². The molecule has 7 heteroatoms. The molecule has 0 unspecified atom stereocenters. The lowest BCUT2D eigenvalue weighted by Crippen LogP contribution is -2.12. The fourth-order valence-electron chi connectivity index (χ4n) is 3.99. The Morgan fingerprint density at radius 1 is 1.34 bits per heavy atom. The maximum Gasteiger partial charge on any atom is 0.306 e. The number of rotatable bonds is 5. The summed E-state index contributed by atoms with van der Waals surface area (Å²) in [5, 5.41) is 3.24. The number of ether oxygens (including phenoxy) is 1. The molecule has 29 heavy (non-hydrogen) atoms. The number of aromatic nitrogens is 1. The lowest BCUT2D eigenvalue weighted by molar-refractivity contribution is -0.143. The third kappa shape index (κ3) is 3.94. The van der Waals surface area contributed by atoms with Crippen molar-refractivity contribution in [2.24, 2.45) is 0 Å². The molecule has 0 saturated heterocycles. The van der Waals surface area contributed by atoms with Gasteiger partial charge in [-0.05, 0) is 50.0 Å². The molecule has 0 bridgehead atoms. The average Bonchev–Trinajstić information content (AvgIpc) is 3.18. The second-order valence-corrected chi connectivity index (χ2v) is 8.48. The van der Waals surface area contributed by atoms with Crippen molar-refractivity contribution in [2.45, 2.75) is 39.0 Å². The minimum atomic E-state index is -0.252. The monoisotopic (exact) mass is 472 g/mol. The second kappa shape index (κ2) is 8.24. The number of esters is 1. The van der Waals surface area contributed by atoms with Crippen LogP contribution in [0.5, 0.6) is 0 Å². The highest BCUT2D eigenvalue weighted by atomic mass is 79.9. The normalized spacial score (nSPS) is 16.6. The molecule has 1 aliphatic heterocycles. The molecule has 150 valence electrons. The standard InChI is InChI=1S/C22H21BrN2O3S/c1-2-28-20(27)9-8-14-18(24-16-4-3-5-19(26)21(14)16)11-15-13-7-6-12(23)10-17(13)25-22(15)29/h6-7,10-11,24H,2-5,8-9H2,1H3,(H,25,29)/b15-11+. The highest BCUT2D eigenvalue weighted by Crippen LogP contribution is 2.37. The SMILES string of the molecule is CCOC(=O)CCc1c(/C=C2/C(=S)Nc3cc(Br)ccc32)[nH]c2c1C(=O)CCC2. The number of fused-ring (bicyclic) bond motifs is 2. The average molecular weight is 473 g/mol. The quantitative estimate of drug-likeness (QED) is 0.360. The zero-order chi connectivity index (χ0) is 20.5. The van der Waals surface area contributed by atoms with Gasteiger partial charge in [0.25, 0.3) is 0 Å². The first kappa shape index (κ1) is 20.0. The van der Waals surface area contributed by atoms with Crippen molar-refractivity contribution >= 4 is 62.2 Å². The summed E-state index contributed by atoms with van der Waals surface area (Å²) in [6, 6.07) is 5.99. The van der Waals surface area contributed by atoms with E-state index < -0.39 is 0 Å². The number of carbonyl (C=O) groups excluding carboxylic acids is 2. The molecule has 2 aliphatic rings. The molecule has 0 saturated carbocycles. The molecule has 0 atom stereocenters. The van der Waals surface area contributed by atoms with Crippen LogP contribution in [0.3, 0.4) is 0 Å². The molecule has 0 fully saturated rings. The first-order chi connectivity index (χ1) is 14.0. The van der Waals surface area contributed by atoms with Gasteiger partial charge in [0.15, 0.2) is 5.78 Å². The van der Waals surface area contributed by atoms with Crippen LogP contribution < -0.4 is 5.32 Å². The van der Waals surface area contributed by atoms with E-state index in [4.69, 9.17) is 17.0 Å². The zero-order valence-corrected chi connectivity index (χ0v) is 18.5. The largest absolute Gasteiger partial charge is 0.466 e. The summed E-state index contributed by atoms with van der Waals surface area (Å²) in [7, 11) is 0. The second-order valence-electron chi connectivity index (χ2n) is 7.15. The van der Waals surface area contributed by atoms with Crippen LogP contribution >= 0.6 is 28.1 Å². The smallest absolute Gasteiger partial charge is 0.306 e. The van der Waals surface area contributed by atoms with Gasteiger partial charge in [0.2, 0.25) is 0 Å². The summed E-state index contributed by atoms with van der Waals surface area (Å²) < 4.78 is 6.05. The van der Waals surface area contributed by atoms with Crippen LogP contribution in [0.1, 0.15) is 59.1 Å². The Balaban J connectivity index is 1.76. The molecule has 0 spiro atoms. The molecule has 1 aliphatic carbocycles. The highest BCUT2D eigenvalue weighted by molar-refractivity contribution is 9.10. The van der Waals surface area contributed by atoms with E-state index in [-0.39, 0.29) is 18.2 Å². The van der Waals surface area contributed by atoms with Gasteiger partial charge in [-0.25, -0.2) is 0 Å². The zero-order valence-electron chi connectivity index (χ0n) is 16.1. The number of benzene rings is 1. The summed E-state index contributed by atoms with van der Waals surface area (Å²) in [6.07, 6.45) is 4.93. The summed E-state index contributed by atoms with van der Waals surface area (Å²) in [5.41, 5.74) is 6.33. The van der Waals surface area contributed by atoms with Crippen molar-refractivity contribution in [1.29, 1.82) is 0 Å². The number of thiocarbonyl (C=S) groups is 1. The number of aryl methyl sites for hydroxylation is 1. The van der Waals surface area contributed by atoms with E-state index >= 15 is 0 Å². The van der Waals surface area contributed by atoms with Crippen LogP contribution in [0, 0.1) is 0 Å². The molecule has 0 amide bonds. The topological polar surface area (TPSA) is 71.2 Å². The summed E-state index contributed by atoms with van der Waals surface area (Å²) in [5.74, 6) is -0.111. The molecule has 2 aromatic rings. The summed E-state index contributed by atoms with van der Waals surface area (Å²) >= 11 is 9.04. The van der Waals surface area contributed by atoms with Gasteiger partial charge in [-0.15, -0.1) is 0 Å². The van der Waals surface area contributed by atoms with E-state index in [0.717, 1.165) is 56.7 Å². The Hall–Kier alpha value is -2.25. The molecule has 1 aromatic carbocycles. The number of Topliss-reactive ketones (excluding diaryl/α,β-unsaturated/α-hetero) is 1. The fraction of sp³-hybridized carbons (Fsp3) is 0.318. The minimum Gasteiger partial charge on any atom is -0.466 e.